The Kier molecular flexibility index (Phi) is 7.94. The van der Waals surface area contributed by atoms with Crippen molar-refractivity contribution in [1.82, 2.24) is 25.5 Å². The van der Waals surface area contributed by atoms with Crippen molar-refractivity contribution in [3.8, 4) is 0 Å². The smallest absolute Gasteiger partial charge is 0.305 e. The number of fused-ring (bicyclic) bond motifs is 2. The monoisotopic (exact) mass is 533 g/mol. The molecule has 0 radical (unpaired) electrons. The first kappa shape index (κ1) is 26.1. The molecule has 36 heavy (non-hydrogen) atoms. The molecule has 192 valence electrons. The zero-order valence-electron chi connectivity index (χ0n) is 19.9. The van der Waals surface area contributed by atoms with Gasteiger partial charge < -0.3 is 30.7 Å². The second kappa shape index (κ2) is 11.0. The third-order valence-electron chi connectivity index (χ3n) is 6.22. The maximum Gasteiger partial charge on any atom is 0.305 e. The summed E-state index contributed by atoms with van der Waals surface area (Å²) in [5, 5.41) is 27.1. The number of hydrogen-bond acceptors (Lipinski definition) is 7. The number of aliphatic hydroxyl groups is 1. The van der Waals surface area contributed by atoms with Crippen molar-refractivity contribution in [2.45, 2.75) is 50.9 Å². The van der Waals surface area contributed by atoms with Gasteiger partial charge in [0.1, 0.15) is 5.69 Å². The number of hydrogen-bond donors (Lipinski definition) is 5. The van der Waals surface area contributed by atoms with Gasteiger partial charge in [-0.05, 0) is 37.7 Å². The molecule has 0 fully saturated rings. The molecular formula is C24H28ClN5O5S. The first-order chi connectivity index (χ1) is 17.1. The average Bonchev–Trinajstić information content (AvgIpc) is 3.44. The summed E-state index contributed by atoms with van der Waals surface area (Å²) < 4.78 is 0. The van der Waals surface area contributed by atoms with Gasteiger partial charge in [-0.1, -0.05) is 18.5 Å². The van der Waals surface area contributed by atoms with Crippen molar-refractivity contribution in [3.63, 3.8) is 0 Å². The van der Waals surface area contributed by atoms with Crippen LogP contribution < -0.4 is 10.6 Å². The highest BCUT2D eigenvalue weighted by Gasteiger charge is 2.34. The van der Waals surface area contributed by atoms with Crippen molar-refractivity contribution in [2.75, 3.05) is 13.6 Å². The van der Waals surface area contributed by atoms with Crippen LogP contribution in [0.2, 0.25) is 5.02 Å². The molecule has 0 aliphatic carbocycles. The van der Waals surface area contributed by atoms with Gasteiger partial charge in [-0.25, -0.2) is 4.98 Å². The maximum absolute atomic E-state index is 13.1. The highest BCUT2D eigenvalue weighted by atomic mass is 35.5. The summed E-state index contributed by atoms with van der Waals surface area (Å²) in [6.45, 7) is 3.26. The van der Waals surface area contributed by atoms with Crippen molar-refractivity contribution < 1.29 is 24.6 Å². The second-order valence-corrected chi connectivity index (χ2v) is 10.5. The number of likely N-dealkylation sites (N-methyl/N-ethyl adjacent to an activating group) is 1. The number of carboxylic acid groups (broad SMARTS) is 1. The number of aliphatic hydroxyl groups excluding tert-OH is 1. The van der Waals surface area contributed by atoms with E-state index in [-0.39, 0.29) is 17.1 Å². The lowest BCUT2D eigenvalue weighted by molar-refractivity contribution is -0.137. The Labute approximate surface area is 216 Å². The van der Waals surface area contributed by atoms with Gasteiger partial charge in [0.2, 0.25) is 0 Å². The van der Waals surface area contributed by atoms with E-state index in [0.29, 0.717) is 17.1 Å². The largest absolute Gasteiger partial charge is 0.481 e. The molecule has 1 unspecified atom stereocenters. The van der Waals surface area contributed by atoms with Crippen LogP contribution in [-0.2, 0) is 17.8 Å². The number of benzene rings is 1. The Hall–Kier alpha value is -2.99. The highest BCUT2D eigenvalue weighted by Crippen LogP contribution is 2.25. The van der Waals surface area contributed by atoms with E-state index in [1.54, 1.807) is 31.2 Å². The zero-order valence-corrected chi connectivity index (χ0v) is 21.4. The fourth-order valence-electron chi connectivity index (χ4n) is 4.28. The molecular weight excluding hydrogens is 506 g/mol. The number of amides is 2. The Balaban J connectivity index is 1.56. The van der Waals surface area contributed by atoms with Gasteiger partial charge in [-0.3, -0.25) is 14.4 Å². The van der Waals surface area contributed by atoms with Crippen molar-refractivity contribution >= 4 is 51.6 Å². The predicted octanol–water partition coefficient (Wildman–Crippen LogP) is 2.41. The lowest BCUT2D eigenvalue weighted by atomic mass is 9.97. The summed E-state index contributed by atoms with van der Waals surface area (Å²) >= 11 is 7.31. The van der Waals surface area contributed by atoms with Gasteiger partial charge in [-0.2, -0.15) is 0 Å². The van der Waals surface area contributed by atoms with Crippen LogP contribution in [0.5, 0.6) is 0 Å². The summed E-state index contributed by atoms with van der Waals surface area (Å²) in [6.07, 6.45) is -0.620. The van der Waals surface area contributed by atoms with Crippen LogP contribution in [0.1, 0.15) is 50.6 Å². The van der Waals surface area contributed by atoms with E-state index in [9.17, 15) is 24.6 Å². The fraction of sp³-hybridized carbons (Fsp3) is 0.417. The number of H-pyrrole nitrogens is 1. The molecule has 0 spiro atoms. The van der Waals surface area contributed by atoms with E-state index in [2.05, 4.69) is 25.5 Å². The van der Waals surface area contributed by atoms with Crippen molar-refractivity contribution in [1.29, 1.82) is 0 Å². The summed E-state index contributed by atoms with van der Waals surface area (Å²) in [5.41, 5.74) is 1.77. The number of nitrogens with one attached hydrogen (secondary N) is 3. The quantitative estimate of drug-likeness (QED) is 0.283. The summed E-state index contributed by atoms with van der Waals surface area (Å²) in [6, 6.07) is 4.60. The minimum Gasteiger partial charge on any atom is -0.481 e. The third-order valence-corrected chi connectivity index (χ3v) is 7.54. The minimum absolute atomic E-state index is 0.204. The number of aliphatic carboxylic acids is 1. The van der Waals surface area contributed by atoms with Gasteiger partial charge >= 0.3 is 5.97 Å². The Morgan fingerprint density at radius 1 is 1.25 bits per heavy atom. The number of aromatic amines is 1. The zero-order chi connectivity index (χ0) is 26.0. The van der Waals surface area contributed by atoms with E-state index in [0.717, 1.165) is 28.9 Å². The molecule has 0 bridgehead atoms. The molecule has 0 saturated heterocycles. The van der Waals surface area contributed by atoms with E-state index in [1.807, 2.05) is 7.05 Å². The Bertz CT molecular complexity index is 1290. The van der Waals surface area contributed by atoms with Gasteiger partial charge in [-0.15, -0.1) is 11.3 Å². The average molecular weight is 534 g/mol. The number of nitrogens with zero attached hydrogens (tertiary/aromatic N) is 2. The standard InChI is InChI=1S/C24H28ClN5O5S/c1-3-18(31)21(29-23(35)24-28-15-6-7-30(2)11-19(15)36-24)16(10-20(32)33)27-22(34)17-9-12-8-13(25)4-5-14(12)26-17/h4-5,8-9,16,18,21,26,31H,3,6-7,10-11H2,1-2H3,(H,27,34)(H,29,35)(H,32,33)/t16-,18?,21+/m1/s1. The second-order valence-electron chi connectivity index (χ2n) is 8.94. The molecule has 2 amide bonds. The summed E-state index contributed by atoms with van der Waals surface area (Å²) in [5.74, 6) is -2.26. The van der Waals surface area contributed by atoms with Gasteiger partial charge in [0, 0.05) is 40.3 Å². The molecule has 1 aromatic carbocycles. The molecule has 3 atom stereocenters. The molecule has 2 aromatic heterocycles. The van der Waals surface area contributed by atoms with Crippen LogP contribution in [0.3, 0.4) is 0 Å². The normalized spacial score (nSPS) is 16.2. The SMILES string of the molecule is CCC(O)[C@@H](NC(=O)c1nc2c(s1)CN(C)CC2)[C@@H](CC(=O)O)NC(=O)c1cc2cc(Cl)ccc2[nH]1. The molecule has 3 aromatic rings. The van der Waals surface area contributed by atoms with Gasteiger partial charge in [0.05, 0.1) is 30.3 Å². The lowest BCUT2D eigenvalue weighted by Crippen LogP contribution is -2.57. The predicted molar refractivity (Wildman–Crippen MR) is 137 cm³/mol. The minimum atomic E-state index is -1.18. The molecule has 0 saturated carbocycles. The molecule has 10 nitrogen and oxygen atoms in total. The van der Waals surface area contributed by atoms with Crippen molar-refractivity contribution in [3.05, 3.63) is 50.6 Å². The van der Waals surface area contributed by atoms with Gasteiger partial charge in [0.15, 0.2) is 5.01 Å². The molecule has 1 aliphatic heterocycles. The van der Waals surface area contributed by atoms with Crippen molar-refractivity contribution in [2.24, 2.45) is 0 Å². The fourth-order valence-corrected chi connectivity index (χ4v) is 5.55. The highest BCUT2D eigenvalue weighted by molar-refractivity contribution is 7.13. The third kappa shape index (κ3) is 5.86. The number of rotatable bonds is 9. The number of aromatic nitrogens is 2. The van der Waals surface area contributed by atoms with Crippen LogP contribution in [-0.4, -0.2) is 74.6 Å². The molecule has 5 N–H and O–H groups in total. The molecule has 1 aliphatic rings. The van der Waals surface area contributed by atoms with E-state index in [1.165, 1.54) is 11.3 Å². The van der Waals surface area contributed by atoms with E-state index >= 15 is 0 Å². The van der Waals surface area contributed by atoms with Crippen LogP contribution >= 0.6 is 22.9 Å². The maximum atomic E-state index is 13.1. The number of carbonyl (C=O) groups excluding carboxylic acids is 2. The summed E-state index contributed by atoms with van der Waals surface area (Å²) in [4.78, 5) is 48.4. The first-order valence-corrected chi connectivity index (χ1v) is 12.8. The molecule has 12 heteroatoms. The number of halogens is 1. The van der Waals surface area contributed by atoms with Crippen LogP contribution in [0.4, 0.5) is 0 Å². The summed E-state index contributed by atoms with van der Waals surface area (Å²) in [7, 11) is 2.00. The lowest BCUT2D eigenvalue weighted by Gasteiger charge is -2.31. The van der Waals surface area contributed by atoms with E-state index < -0.39 is 42.4 Å². The van der Waals surface area contributed by atoms with Gasteiger partial charge in [0.25, 0.3) is 11.8 Å². The number of carboxylic acids is 1. The molecule has 4 rings (SSSR count). The van der Waals surface area contributed by atoms with Crippen LogP contribution in [0.25, 0.3) is 10.9 Å². The Morgan fingerprint density at radius 2 is 2.03 bits per heavy atom. The Morgan fingerprint density at radius 3 is 2.75 bits per heavy atom. The number of thiazole rings is 1. The van der Waals surface area contributed by atoms with Crippen LogP contribution in [0, 0.1) is 0 Å². The first-order valence-electron chi connectivity index (χ1n) is 11.6. The topological polar surface area (TPSA) is 148 Å². The molecule has 3 heterocycles. The number of carbonyl (C=O) groups is 3. The van der Waals surface area contributed by atoms with Crippen LogP contribution in [0.15, 0.2) is 24.3 Å². The van der Waals surface area contributed by atoms with E-state index in [4.69, 9.17) is 11.6 Å².